The molecular weight excluding hydrogens is 382 g/mol. The molecule has 1 fully saturated rings. The topological polar surface area (TPSA) is 94.1 Å². The number of hydrogen-bond acceptors (Lipinski definition) is 6. The average molecular weight is 407 g/mol. The van der Waals surface area contributed by atoms with Crippen LogP contribution in [-0.2, 0) is 6.54 Å². The molecule has 0 bridgehead atoms. The lowest BCUT2D eigenvalue weighted by Crippen LogP contribution is -2.32. The van der Waals surface area contributed by atoms with E-state index < -0.39 is 0 Å². The first-order valence-electron chi connectivity index (χ1n) is 10.3. The molecule has 8 heteroatoms. The Bertz CT molecular complexity index is 1110. The van der Waals surface area contributed by atoms with E-state index in [0.717, 1.165) is 36.8 Å². The third-order valence-electron chi connectivity index (χ3n) is 5.50. The second-order valence-corrected chi connectivity index (χ2v) is 7.74. The highest BCUT2D eigenvalue weighted by Crippen LogP contribution is 2.19. The van der Waals surface area contributed by atoms with Crippen molar-refractivity contribution in [3.8, 4) is 11.3 Å². The monoisotopic (exact) mass is 407 g/mol. The summed E-state index contributed by atoms with van der Waals surface area (Å²) in [5.41, 5.74) is 3.69. The lowest BCUT2D eigenvalue weighted by Gasteiger charge is -2.17. The van der Waals surface area contributed by atoms with Crippen LogP contribution < -0.4 is 5.56 Å². The number of carbonyl (C=O) groups is 1. The maximum Gasteiger partial charge on any atom is 0.316 e. The SMILES string of the molecule is Cc1ccc(-c2ccc(=O)n(Cc3noc(C(=O)N4CCCCCC4)n3)n2)cc1C. The fourth-order valence-corrected chi connectivity index (χ4v) is 3.56. The van der Waals surface area contributed by atoms with E-state index in [1.807, 2.05) is 32.0 Å². The number of likely N-dealkylation sites (tertiary alicyclic amines) is 1. The molecule has 3 heterocycles. The van der Waals surface area contributed by atoms with Gasteiger partial charge in [-0.2, -0.15) is 10.1 Å². The minimum absolute atomic E-state index is 0.0360. The van der Waals surface area contributed by atoms with Gasteiger partial charge in [-0.1, -0.05) is 30.1 Å². The van der Waals surface area contributed by atoms with Crippen molar-refractivity contribution < 1.29 is 9.32 Å². The van der Waals surface area contributed by atoms with Crippen LogP contribution in [0.4, 0.5) is 0 Å². The van der Waals surface area contributed by atoms with Crippen LogP contribution >= 0.6 is 0 Å². The molecule has 0 spiro atoms. The predicted molar refractivity (Wildman–Crippen MR) is 111 cm³/mol. The largest absolute Gasteiger partial charge is 0.334 e. The summed E-state index contributed by atoms with van der Waals surface area (Å²) in [6.07, 6.45) is 4.23. The van der Waals surface area contributed by atoms with Gasteiger partial charge in [-0.15, -0.1) is 0 Å². The first-order chi connectivity index (χ1) is 14.5. The molecular formula is C22H25N5O3. The zero-order valence-corrected chi connectivity index (χ0v) is 17.3. The van der Waals surface area contributed by atoms with Crippen molar-refractivity contribution >= 4 is 5.91 Å². The molecule has 8 nitrogen and oxygen atoms in total. The Morgan fingerprint density at radius 2 is 1.80 bits per heavy atom. The van der Waals surface area contributed by atoms with Gasteiger partial charge in [-0.3, -0.25) is 9.59 Å². The number of aryl methyl sites for hydroxylation is 2. The molecule has 156 valence electrons. The van der Waals surface area contributed by atoms with Gasteiger partial charge in [-0.05, 0) is 49.9 Å². The third-order valence-corrected chi connectivity index (χ3v) is 5.50. The quantitative estimate of drug-likeness (QED) is 0.660. The molecule has 1 amide bonds. The maximum atomic E-state index is 12.6. The Kier molecular flexibility index (Phi) is 5.74. The molecule has 2 aromatic heterocycles. The number of aromatic nitrogens is 4. The summed E-state index contributed by atoms with van der Waals surface area (Å²) < 4.78 is 6.47. The Hall–Kier alpha value is -3.29. The highest BCUT2D eigenvalue weighted by atomic mass is 16.5. The summed E-state index contributed by atoms with van der Waals surface area (Å²) in [6, 6.07) is 9.22. The van der Waals surface area contributed by atoms with E-state index in [9.17, 15) is 9.59 Å². The Labute approximate surface area is 174 Å². The second kappa shape index (κ2) is 8.61. The first kappa shape index (κ1) is 20.0. The molecule has 1 aliphatic rings. The molecule has 30 heavy (non-hydrogen) atoms. The van der Waals surface area contributed by atoms with Gasteiger partial charge in [0.15, 0.2) is 5.82 Å². The summed E-state index contributed by atoms with van der Waals surface area (Å²) in [6.45, 7) is 5.53. The molecule has 0 saturated carbocycles. The number of benzene rings is 1. The molecule has 0 N–H and O–H groups in total. The average Bonchev–Trinajstić information content (AvgIpc) is 3.03. The van der Waals surface area contributed by atoms with Crippen LogP contribution in [0.3, 0.4) is 0 Å². The number of amides is 1. The van der Waals surface area contributed by atoms with Crippen LogP contribution in [0.2, 0.25) is 0 Å². The van der Waals surface area contributed by atoms with Crippen LogP contribution in [0.5, 0.6) is 0 Å². The van der Waals surface area contributed by atoms with Crippen molar-refractivity contribution in [2.45, 2.75) is 46.1 Å². The van der Waals surface area contributed by atoms with Gasteiger partial charge in [0.25, 0.3) is 5.56 Å². The van der Waals surface area contributed by atoms with Crippen LogP contribution in [0.1, 0.15) is 53.3 Å². The van der Waals surface area contributed by atoms with E-state index in [0.29, 0.717) is 18.8 Å². The Morgan fingerprint density at radius 1 is 1.03 bits per heavy atom. The van der Waals surface area contributed by atoms with Gasteiger partial charge in [0.05, 0.1) is 5.69 Å². The van der Waals surface area contributed by atoms with Crippen LogP contribution in [-0.4, -0.2) is 43.8 Å². The third kappa shape index (κ3) is 4.32. The second-order valence-electron chi connectivity index (χ2n) is 7.74. The summed E-state index contributed by atoms with van der Waals surface area (Å²) in [7, 11) is 0. The summed E-state index contributed by atoms with van der Waals surface area (Å²) >= 11 is 0. The van der Waals surface area contributed by atoms with E-state index in [4.69, 9.17) is 4.52 Å². The molecule has 0 unspecified atom stereocenters. The Balaban J connectivity index is 1.54. The molecule has 0 atom stereocenters. The number of hydrogen-bond donors (Lipinski definition) is 0. The van der Waals surface area contributed by atoms with Gasteiger partial charge < -0.3 is 9.42 Å². The maximum absolute atomic E-state index is 12.6. The summed E-state index contributed by atoms with van der Waals surface area (Å²) in [5.74, 6) is -0.0369. The lowest BCUT2D eigenvalue weighted by molar-refractivity contribution is 0.0711. The van der Waals surface area contributed by atoms with E-state index in [-0.39, 0.29) is 29.7 Å². The summed E-state index contributed by atoms with van der Waals surface area (Å²) in [5, 5.41) is 8.34. The molecule has 0 aliphatic carbocycles. The highest BCUT2D eigenvalue weighted by molar-refractivity contribution is 5.89. The number of rotatable bonds is 4. The Morgan fingerprint density at radius 3 is 2.53 bits per heavy atom. The van der Waals surface area contributed by atoms with Crippen molar-refractivity contribution in [1.29, 1.82) is 0 Å². The standard InChI is InChI=1S/C22H25N5O3/c1-15-7-8-17(13-16(15)2)18-9-10-20(28)27(24-18)14-19-23-21(30-25-19)22(29)26-11-5-3-4-6-12-26/h7-10,13H,3-6,11-12,14H2,1-2H3. The fraction of sp³-hybridized carbons (Fsp3) is 0.409. The van der Waals surface area contributed by atoms with E-state index in [2.05, 4.69) is 15.2 Å². The van der Waals surface area contributed by atoms with Crippen molar-refractivity contribution in [3.63, 3.8) is 0 Å². The van der Waals surface area contributed by atoms with E-state index in [1.54, 1.807) is 11.0 Å². The molecule has 1 saturated heterocycles. The molecule has 1 aliphatic heterocycles. The van der Waals surface area contributed by atoms with Gasteiger partial charge in [0.2, 0.25) is 0 Å². The highest BCUT2D eigenvalue weighted by Gasteiger charge is 2.23. The lowest BCUT2D eigenvalue weighted by atomic mass is 10.0. The van der Waals surface area contributed by atoms with Gasteiger partial charge in [0, 0.05) is 24.7 Å². The first-order valence-corrected chi connectivity index (χ1v) is 10.3. The van der Waals surface area contributed by atoms with Crippen molar-refractivity contribution in [1.82, 2.24) is 24.8 Å². The molecule has 0 radical (unpaired) electrons. The van der Waals surface area contributed by atoms with Crippen molar-refractivity contribution in [3.05, 3.63) is 63.5 Å². The zero-order valence-electron chi connectivity index (χ0n) is 17.3. The van der Waals surface area contributed by atoms with Gasteiger partial charge in [0.1, 0.15) is 6.54 Å². The molecule has 3 aromatic rings. The molecule has 1 aromatic carbocycles. The molecule has 4 rings (SSSR count). The minimum atomic E-state index is -0.271. The van der Waals surface area contributed by atoms with Crippen LogP contribution in [0.15, 0.2) is 39.6 Å². The van der Waals surface area contributed by atoms with Crippen LogP contribution in [0, 0.1) is 13.8 Å². The zero-order chi connectivity index (χ0) is 21.1. The fourth-order valence-electron chi connectivity index (χ4n) is 3.56. The van der Waals surface area contributed by atoms with Gasteiger partial charge >= 0.3 is 11.8 Å². The number of nitrogens with zero attached hydrogens (tertiary/aromatic N) is 5. The minimum Gasteiger partial charge on any atom is -0.334 e. The van der Waals surface area contributed by atoms with Crippen molar-refractivity contribution in [2.24, 2.45) is 0 Å². The van der Waals surface area contributed by atoms with E-state index in [1.165, 1.54) is 16.3 Å². The predicted octanol–water partition coefficient (Wildman–Crippen LogP) is 2.97. The normalized spacial score (nSPS) is 14.5. The number of carbonyl (C=O) groups excluding carboxylic acids is 1. The van der Waals surface area contributed by atoms with E-state index >= 15 is 0 Å². The van der Waals surface area contributed by atoms with Gasteiger partial charge in [-0.25, -0.2) is 4.68 Å². The smallest absolute Gasteiger partial charge is 0.316 e. The van der Waals surface area contributed by atoms with Crippen molar-refractivity contribution in [2.75, 3.05) is 13.1 Å². The summed E-state index contributed by atoms with van der Waals surface area (Å²) in [4.78, 5) is 30.9. The van der Waals surface area contributed by atoms with Crippen LogP contribution in [0.25, 0.3) is 11.3 Å².